The van der Waals surface area contributed by atoms with Gasteiger partial charge in [0.05, 0.1) is 32.0 Å². The van der Waals surface area contributed by atoms with Crippen LogP contribution in [0.2, 0.25) is 0 Å². The number of likely N-dealkylation sites (N-methyl/N-ethyl adjacent to an activating group) is 1. The molecule has 0 fully saturated rings. The summed E-state index contributed by atoms with van der Waals surface area (Å²) in [5, 5.41) is 2.93. The quantitative estimate of drug-likeness (QED) is 0.528. The molecule has 0 rings (SSSR count). The fourth-order valence-electron chi connectivity index (χ4n) is 1.21. The van der Waals surface area contributed by atoms with Crippen molar-refractivity contribution < 1.29 is 19.0 Å². The molecule has 5 heteroatoms. The average molecular weight is 261 g/mol. The Hall–Kier alpha value is -0.650. The molecule has 0 aromatic rings. The van der Waals surface area contributed by atoms with Crippen LogP contribution in [-0.2, 0) is 19.0 Å². The summed E-state index contributed by atoms with van der Waals surface area (Å²) in [5.74, 6) is -0.302. The van der Waals surface area contributed by atoms with Crippen LogP contribution in [0.1, 0.15) is 34.6 Å². The van der Waals surface area contributed by atoms with Crippen LogP contribution in [-0.4, -0.2) is 50.6 Å². The lowest BCUT2D eigenvalue weighted by molar-refractivity contribution is -0.153. The second-order valence-electron chi connectivity index (χ2n) is 5.32. The van der Waals surface area contributed by atoms with E-state index < -0.39 is 5.54 Å². The van der Waals surface area contributed by atoms with Gasteiger partial charge in [-0.15, -0.1) is 0 Å². The molecule has 18 heavy (non-hydrogen) atoms. The van der Waals surface area contributed by atoms with Crippen molar-refractivity contribution in [3.63, 3.8) is 0 Å². The second kappa shape index (κ2) is 7.71. The third-order valence-electron chi connectivity index (χ3n) is 2.43. The summed E-state index contributed by atoms with van der Waals surface area (Å²) in [6, 6.07) is 0. The molecule has 0 heterocycles. The van der Waals surface area contributed by atoms with Gasteiger partial charge in [-0.3, -0.25) is 0 Å². The standard InChI is InChI=1S/C13H27NO4/c1-7-17-11(15)13(5,14-6)10-16-8-9-18-12(2,3)4/h14H,7-10H2,1-6H3. The maximum atomic E-state index is 11.7. The molecule has 0 aliphatic rings. The van der Waals surface area contributed by atoms with Crippen molar-refractivity contribution in [2.45, 2.75) is 45.8 Å². The summed E-state index contributed by atoms with van der Waals surface area (Å²) >= 11 is 0. The molecule has 1 unspecified atom stereocenters. The predicted octanol–water partition coefficient (Wildman–Crippen LogP) is 1.36. The lowest BCUT2D eigenvalue weighted by Crippen LogP contribution is -2.52. The van der Waals surface area contributed by atoms with Crippen LogP contribution in [0, 0.1) is 0 Å². The molecule has 0 radical (unpaired) electrons. The Morgan fingerprint density at radius 3 is 2.22 bits per heavy atom. The second-order valence-corrected chi connectivity index (χ2v) is 5.32. The first kappa shape index (κ1) is 17.4. The molecule has 0 saturated carbocycles. The minimum absolute atomic E-state index is 0.170. The molecule has 0 aliphatic carbocycles. The molecule has 1 N–H and O–H groups in total. The molecule has 0 spiro atoms. The molecule has 0 saturated heterocycles. The van der Waals surface area contributed by atoms with E-state index in [1.807, 2.05) is 20.8 Å². The normalized spacial score (nSPS) is 15.2. The predicted molar refractivity (Wildman–Crippen MR) is 70.6 cm³/mol. The number of rotatable bonds is 8. The van der Waals surface area contributed by atoms with Crippen LogP contribution in [0.3, 0.4) is 0 Å². The van der Waals surface area contributed by atoms with Gasteiger partial charge in [0, 0.05) is 0 Å². The van der Waals surface area contributed by atoms with Crippen molar-refractivity contribution in [2.24, 2.45) is 0 Å². The van der Waals surface area contributed by atoms with Gasteiger partial charge in [0.1, 0.15) is 5.54 Å². The van der Waals surface area contributed by atoms with Crippen LogP contribution in [0.25, 0.3) is 0 Å². The minimum Gasteiger partial charge on any atom is -0.465 e. The largest absolute Gasteiger partial charge is 0.465 e. The molecule has 0 amide bonds. The fraction of sp³-hybridized carbons (Fsp3) is 0.923. The molecule has 5 nitrogen and oxygen atoms in total. The first-order valence-corrected chi connectivity index (χ1v) is 6.33. The molecular formula is C13H27NO4. The summed E-state index contributed by atoms with van der Waals surface area (Å²) in [6.45, 7) is 11.1. The van der Waals surface area contributed by atoms with E-state index >= 15 is 0 Å². The smallest absolute Gasteiger partial charge is 0.328 e. The van der Waals surface area contributed by atoms with E-state index in [0.29, 0.717) is 19.8 Å². The number of ether oxygens (including phenoxy) is 3. The van der Waals surface area contributed by atoms with Gasteiger partial charge in [0.25, 0.3) is 0 Å². The van der Waals surface area contributed by atoms with Gasteiger partial charge in [-0.05, 0) is 41.7 Å². The van der Waals surface area contributed by atoms with E-state index in [0.717, 1.165) is 0 Å². The first-order valence-electron chi connectivity index (χ1n) is 6.33. The average Bonchev–Trinajstić information content (AvgIpc) is 2.27. The number of hydrogen-bond donors (Lipinski definition) is 1. The Morgan fingerprint density at radius 1 is 1.17 bits per heavy atom. The summed E-state index contributed by atoms with van der Waals surface area (Å²) in [6.07, 6.45) is 0. The summed E-state index contributed by atoms with van der Waals surface area (Å²) in [7, 11) is 1.71. The van der Waals surface area contributed by atoms with Crippen molar-refractivity contribution >= 4 is 5.97 Å². The monoisotopic (exact) mass is 261 g/mol. The van der Waals surface area contributed by atoms with Gasteiger partial charge < -0.3 is 19.5 Å². The maximum Gasteiger partial charge on any atom is 0.328 e. The van der Waals surface area contributed by atoms with E-state index in [9.17, 15) is 4.79 Å². The first-order chi connectivity index (χ1) is 8.25. The number of nitrogens with one attached hydrogen (secondary N) is 1. The van der Waals surface area contributed by atoms with Crippen LogP contribution < -0.4 is 5.32 Å². The van der Waals surface area contributed by atoms with Crippen LogP contribution >= 0.6 is 0 Å². The number of carbonyl (C=O) groups is 1. The van der Waals surface area contributed by atoms with Crippen molar-refractivity contribution in [3.05, 3.63) is 0 Å². The van der Waals surface area contributed by atoms with Crippen LogP contribution in [0.4, 0.5) is 0 Å². The van der Waals surface area contributed by atoms with Gasteiger partial charge in [-0.2, -0.15) is 0 Å². The Labute approximate surface area is 110 Å². The Kier molecular flexibility index (Phi) is 7.43. The topological polar surface area (TPSA) is 56.8 Å². The highest BCUT2D eigenvalue weighted by molar-refractivity contribution is 5.80. The zero-order valence-electron chi connectivity index (χ0n) is 12.5. The fourth-order valence-corrected chi connectivity index (χ4v) is 1.21. The van der Waals surface area contributed by atoms with E-state index in [2.05, 4.69) is 5.32 Å². The molecule has 0 bridgehead atoms. The summed E-state index contributed by atoms with van der Waals surface area (Å²) in [5.41, 5.74) is -0.978. The third kappa shape index (κ3) is 6.93. The van der Waals surface area contributed by atoms with Gasteiger partial charge in [-0.1, -0.05) is 0 Å². The molecule has 0 aromatic heterocycles. The third-order valence-corrected chi connectivity index (χ3v) is 2.43. The molecule has 0 aromatic carbocycles. The lowest BCUT2D eigenvalue weighted by Gasteiger charge is -2.26. The number of esters is 1. The van der Waals surface area contributed by atoms with E-state index in [1.165, 1.54) is 0 Å². The molecular weight excluding hydrogens is 234 g/mol. The highest BCUT2D eigenvalue weighted by Crippen LogP contribution is 2.08. The molecule has 108 valence electrons. The molecule has 1 atom stereocenters. The lowest BCUT2D eigenvalue weighted by atomic mass is 10.1. The Balaban J connectivity index is 3.97. The van der Waals surface area contributed by atoms with Gasteiger partial charge in [-0.25, -0.2) is 4.79 Å². The summed E-state index contributed by atoms with van der Waals surface area (Å²) < 4.78 is 16.0. The van der Waals surface area contributed by atoms with Crippen molar-refractivity contribution in [1.82, 2.24) is 5.32 Å². The summed E-state index contributed by atoms with van der Waals surface area (Å²) in [4.78, 5) is 11.7. The van der Waals surface area contributed by atoms with Crippen LogP contribution in [0.15, 0.2) is 0 Å². The van der Waals surface area contributed by atoms with Crippen molar-refractivity contribution in [3.8, 4) is 0 Å². The zero-order chi connectivity index (χ0) is 14.2. The number of carbonyl (C=O) groups excluding carboxylic acids is 1. The Morgan fingerprint density at radius 2 is 1.78 bits per heavy atom. The van der Waals surface area contributed by atoms with E-state index in [1.54, 1.807) is 20.9 Å². The molecule has 0 aliphatic heterocycles. The maximum absolute atomic E-state index is 11.7. The van der Waals surface area contributed by atoms with Crippen molar-refractivity contribution in [1.29, 1.82) is 0 Å². The van der Waals surface area contributed by atoms with Crippen molar-refractivity contribution in [2.75, 3.05) is 33.5 Å². The van der Waals surface area contributed by atoms with Crippen LogP contribution in [0.5, 0.6) is 0 Å². The van der Waals surface area contributed by atoms with Gasteiger partial charge in [0.2, 0.25) is 0 Å². The SMILES string of the molecule is CCOC(=O)C(C)(COCCOC(C)(C)C)NC. The highest BCUT2D eigenvalue weighted by Gasteiger charge is 2.33. The Bertz CT molecular complexity index is 250. The minimum atomic E-state index is -0.808. The van der Waals surface area contributed by atoms with E-state index in [-0.39, 0.29) is 18.2 Å². The zero-order valence-corrected chi connectivity index (χ0v) is 12.5. The number of hydrogen-bond acceptors (Lipinski definition) is 5. The van der Waals surface area contributed by atoms with Gasteiger partial charge in [0.15, 0.2) is 0 Å². The highest BCUT2D eigenvalue weighted by atomic mass is 16.5. The van der Waals surface area contributed by atoms with Gasteiger partial charge >= 0.3 is 5.97 Å². The van der Waals surface area contributed by atoms with E-state index in [4.69, 9.17) is 14.2 Å².